The maximum Gasteiger partial charge on any atom is 0.161 e. The number of rotatable bonds is 6. The van der Waals surface area contributed by atoms with Gasteiger partial charge in [0, 0.05) is 6.42 Å². The molecule has 0 amide bonds. The number of hydrogen-bond donors (Lipinski definition) is 0. The Hall–Kier alpha value is -1.69. The van der Waals surface area contributed by atoms with E-state index in [0.717, 1.165) is 23.5 Å². The smallest absolute Gasteiger partial charge is 0.161 e. The van der Waals surface area contributed by atoms with Crippen LogP contribution in [0.3, 0.4) is 0 Å². The lowest BCUT2D eigenvalue weighted by Gasteiger charge is -2.11. The molecule has 0 aliphatic heterocycles. The maximum absolute atomic E-state index is 8.53. The van der Waals surface area contributed by atoms with E-state index in [1.165, 1.54) is 0 Å². The van der Waals surface area contributed by atoms with Crippen molar-refractivity contribution in [1.82, 2.24) is 0 Å². The molecule has 0 bridgehead atoms. The summed E-state index contributed by atoms with van der Waals surface area (Å²) in [5.74, 6) is 1.53. The summed E-state index contributed by atoms with van der Waals surface area (Å²) in [6.07, 6.45) is 1.28. The van der Waals surface area contributed by atoms with Gasteiger partial charge in [0.05, 0.1) is 19.3 Å². The minimum atomic E-state index is 0.527. The Kier molecular flexibility index (Phi) is 5.21. The monoisotopic (exact) mass is 219 g/mol. The van der Waals surface area contributed by atoms with Crippen molar-refractivity contribution in [1.29, 1.82) is 5.26 Å². The normalized spacial score (nSPS) is 9.56. The molecule has 0 atom stereocenters. The third-order valence-electron chi connectivity index (χ3n) is 2.13. The van der Waals surface area contributed by atoms with Crippen molar-refractivity contribution in [2.75, 3.05) is 13.2 Å². The van der Waals surface area contributed by atoms with Crippen molar-refractivity contribution in [3.05, 3.63) is 23.8 Å². The minimum Gasteiger partial charge on any atom is -0.490 e. The summed E-state index contributed by atoms with van der Waals surface area (Å²) in [5.41, 5.74) is 1.11. The molecular formula is C13H17NO2. The zero-order valence-electron chi connectivity index (χ0n) is 9.82. The van der Waals surface area contributed by atoms with Crippen LogP contribution >= 0.6 is 0 Å². The minimum absolute atomic E-state index is 0.527. The topological polar surface area (TPSA) is 42.2 Å². The molecule has 16 heavy (non-hydrogen) atoms. The Morgan fingerprint density at radius 3 is 2.44 bits per heavy atom. The van der Waals surface area contributed by atoms with Crippen molar-refractivity contribution >= 4 is 0 Å². The van der Waals surface area contributed by atoms with Gasteiger partial charge in [0.1, 0.15) is 0 Å². The summed E-state index contributed by atoms with van der Waals surface area (Å²) in [6, 6.07) is 7.97. The quantitative estimate of drug-likeness (QED) is 0.738. The Morgan fingerprint density at radius 2 is 1.81 bits per heavy atom. The number of hydrogen-bond acceptors (Lipinski definition) is 3. The first-order valence-corrected chi connectivity index (χ1v) is 5.57. The Balaban J connectivity index is 2.84. The lowest BCUT2D eigenvalue weighted by molar-refractivity contribution is 0.287. The van der Waals surface area contributed by atoms with Gasteiger partial charge in [0.2, 0.25) is 0 Å². The highest BCUT2D eigenvalue weighted by molar-refractivity contribution is 5.43. The molecule has 0 radical (unpaired) electrons. The predicted molar refractivity (Wildman–Crippen MR) is 62.7 cm³/mol. The zero-order chi connectivity index (χ0) is 11.8. The van der Waals surface area contributed by atoms with E-state index < -0.39 is 0 Å². The largest absolute Gasteiger partial charge is 0.490 e. The summed E-state index contributed by atoms with van der Waals surface area (Å²) in [7, 11) is 0. The first kappa shape index (κ1) is 12.4. The van der Waals surface area contributed by atoms with E-state index in [9.17, 15) is 0 Å². The third-order valence-corrected chi connectivity index (χ3v) is 2.13. The molecule has 0 spiro atoms. The fraction of sp³-hybridized carbons (Fsp3) is 0.462. The SMILES string of the molecule is CCOc1ccc(CCC#N)cc1OCC. The van der Waals surface area contributed by atoms with E-state index in [2.05, 4.69) is 6.07 Å². The van der Waals surface area contributed by atoms with Gasteiger partial charge in [0.25, 0.3) is 0 Å². The molecule has 0 aliphatic carbocycles. The molecular weight excluding hydrogens is 202 g/mol. The maximum atomic E-state index is 8.53. The second-order valence-electron chi connectivity index (χ2n) is 3.31. The van der Waals surface area contributed by atoms with Crippen LogP contribution in [0.4, 0.5) is 0 Å². The number of benzene rings is 1. The van der Waals surface area contributed by atoms with Gasteiger partial charge in [-0.2, -0.15) is 5.26 Å². The van der Waals surface area contributed by atoms with Gasteiger partial charge < -0.3 is 9.47 Å². The van der Waals surface area contributed by atoms with Crippen LogP contribution in [-0.4, -0.2) is 13.2 Å². The molecule has 1 aromatic rings. The van der Waals surface area contributed by atoms with Crippen LogP contribution in [0.25, 0.3) is 0 Å². The first-order valence-electron chi connectivity index (χ1n) is 5.57. The molecule has 0 saturated carbocycles. The van der Waals surface area contributed by atoms with Crippen molar-refractivity contribution < 1.29 is 9.47 Å². The van der Waals surface area contributed by atoms with Gasteiger partial charge in [-0.05, 0) is 38.0 Å². The first-order chi connectivity index (χ1) is 7.81. The van der Waals surface area contributed by atoms with E-state index in [1.54, 1.807) is 0 Å². The van der Waals surface area contributed by atoms with Gasteiger partial charge in [-0.3, -0.25) is 0 Å². The second kappa shape index (κ2) is 6.73. The van der Waals surface area contributed by atoms with Gasteiger partial charge >= 0.3 is 0 Å². The van der Waals surface area contributed by atoms with E-state index in [4.69, 9.17) is 14.7 Å². The van der Waals surface area contributed by atoms with Crippen molar-refractivity contribution in [2.45, 2.75) is 26.7 Å². The molecule has 0 fully saturated rings. The lowest BCUT2D eigenvalue weighted by atomic mass is 10.1. The molecule has 0 aromatic heterocycles. The van der Waals surface area contributed by atoms with E-state index in [0.29, 0.717) is 19.6 Å². The molecule has 1 rings (SSSR count). The molecule has 0 saturated heterocycles. The highest BCUT2D eigenvalue weighted by Crippen LogP contribution is 2.28. The Labute approximate surface area is 96.6 Å². The summed E-state index contributed by atoms with van der Waals surface area (Å²) in [5, 5.41) is 8.53. The fourth-order valence-electron chi connectivity index (χ4n) is 1.45. The lowest BCUT2D eigenvalue weighted by Crippen LogP contribution is -1.99. The van der Waals surface area contributed by atoms with E-state index in [1.807, 2.05) is 32.0 Å². The van der Waals surface area contributed by atoms with Crippen LogP contribution in [0, 0.1) is 11.3 Å². The average Bonchev–Trinajstić information content (AvgIpc) is 2.30. The summed E-state index contributed by atoms with van der Waals surface area (Å²) in [4.78, 5) is 0. The molecule has 3 heteroatoms. The van der Waals surface area contributed by atoms with Crippen LogP contribution in [0.15, 0.2) is 18.2 Å². The summed E-state index contributed by atoms with van der Waals surface area (Å²) in [6.45, 7) is 5.12. The molecule has 0 aliphatic rings. The van der Waals surface area contributed by atoms with Crippen LogP contribution in [0.2, 0.25) is 0 Å². The molecule has 0 N–H and O–H groups in total. The number of aryl methyl sites for hydroxylation is 1. The average molecular weight is 219 g/mol. The van der Waals surface area contributed by atoms with Gasteiger partial charge in [0.15, 0.2) is 11.5 Å². The van der Waals surface area contributed by atoms with E-state index >= 15 is 0 Å². The highest BCUT2D eigenvalue weighted by Gasteiger charge is 2.05. The van der Waals surface area contributed by atoms with E-state index in [-0.39, 0.29) is 0 Å². The van der Waals surface area contributed by atoms with Crippen molar-refractivity contribution in [3.63, 3.8) is 0 Å². The molecule has 3 nitrogen and oxygen atoms in total. The predicted octanol–water partition coefficient (Wildman–Crippen LogP) is 2.94. The summed E-state index contributed by atoms with van der Waals surface area (Å²) < 4.78 is 11.0. The zero-order valence-corrected chi connectivity index (χ0v) is 9.82. The van der Waals surface area contributed by atoms with Crippen LogP contribution in [0.5, 0.6) is 11.5 Å². The Morgan fingerprint density at radius 1 is 1.12 bits per heavy atom. The van der Waals surface area contributed by atoms with Gasteiger partial charge in [-0.25, -0.2) is 0 Å². The van der Waals surface area contributed by atoms with Crippen molar-refractivity contribution in [2.24, 2.45) is 0 Å². The third kappa shape index (κ3) is 3.47. The van der Waals surface area contributed by atoms with Gasteiger partial charge in [-0.15, -0.1) is 0 Å². The van der Waals surface area contributed by atoms with Gasteiger partial charge in [-0.1, -0.05) is 6.07 Å². The molecule has 0 unspecified atom stereocenters. The van der Waals surface area contributed by atoms with Crippen LogP contribution in [0.1, 0.15) is 25.8 Å². The number of nitrogens with zero attached hydrogens (tertiary/aromatic N) is 1. The second-order valence-corrected chi connectivity index (χ2v) is 3.31. The summed E-state index contributed by atoms with van der Waals surface area (Å²) >= 11 is 0. The Bertz CT molecular complexity index is 369. The number of ether oxygens (including phenoxy) is 2. The molecule has 86 valence electrons. The standard InChI is InChI=1S/C13H17NO2/c1-3-15-12-8-7-11(6-5-9-14)10-13(12)16-4-2/h7-8,10H,3-6H2,1-2H3. The van der Waals surface area contributed by atoms with Crippen LogP contribution in [-0.2, 0) is 6.42 Å². The molecule has 0 heterocycles. The highest BCUT2D eigenvalue weighted by atomic mass is 16.5. The molecule has 1 aromatic carbocycles. The van der Waals surface area contributed by atoms with Crippen molar-refractivity contribution in [3.8, 4) is 17.6 Å². The van der Waals surface area contributed by atoms with Crippen LogP contribution < -0.4 is 9.47 Å². The fourth-order valence-corrected chi connectivity index (χ4v) is 1.45. The number of nitriles is 1.